The van der Waals surface area contributed by atoms with E-state index in [0.29, 0.717) is 6.04 Å². The molecule has 7 nitrogen and oxygen atoms in total. The fourth-order valence-electron chi connectivity index (χ4n) is 4.65. The number of urea groups is 1. The molecule has 2 aliphatic carbocycles. The van der Waals surface area contributed by atoms with Gasteiger partial charge in [-0.2, -0.15) is 4.98 Å². The Hall–Kier alpha value is -2.35. The van der Waals surface area contributed by atoms with Crippen LogP contribution >= 0.6 is 15.9 Å². The zero-order valence-corrected chi connectivity index (χ0v) is 20.8. The van der Waals surface area contributed by atoms with Crippen LogP contribution in [-0.4, -0.2) is 42.2 Å². The minimum Gasteiger partial charge on any atom is -0.362 e. The van der Waals surface area contributed by atoms with Crippen LogP contribution in [0.5, 0.6) is 0 Å². The second-order valence-corrected chi connectivity index (χ2v) is 10.0. The van der Waals surface area contributed by atoms with Crippen LogP contribution in [0, 0.1) is 6.92 Å². The van der Waals surface area contributed by atoms with Crippen molar-refractivity contribution in [3.05, 3.63) is 39.5 Å². The molecule has 0 radical (unpaired) electrons. The lowest BCUT2D eigenvalue weighted by Crippen LogP contribution is -2.42. The second-order valence-electron chi connectivity index (χ2n) is 9.15. The number of carbonyl (C=O) groups excluding carboxylic acids is 1. The summed E-state index contributed by atoms with van der Waals surface area (Å²) in [5.41, 5.74) is 4.41. The van der Waals surface area contributed by atoms with E-state index >= 15 is 0 Å². The first-order valence-corrected chi connectivity index (χ1v) is 12.4. The second kappa shape index (κ2) is 10.1. The number of aryl methyl sites for hydroxylation is 2. The predicted octanol–water partition coefficient (Wildman–Crippen LogP) is 5.04. The number of anilines is 3. The molecule has 8 heteroatoms. The Morgan fingerprint density at radius 3 is 2.50 bits per heavy atom. The third kappa shape index (κ3) is 5.52. The van der Waals surface area contributed by atoms with E-state index in [9.17, 15) is 4.79 Å². The van der Waals surface area contributed by atoms with Gasteiger partial charge in [0.1, 0.15) is 5.82 Å². The van der Waals surface area contributed by atoms with Gasteiger partial charge in [-0.05, 0) is 82.1 Å². The van der Waals surface area contributed by atoms with E-state index < -0.39 is 0 Å². The smallest absolute Gasteiger partial charge is 0.319 e. The molecule has 1 heterocycles. The summed E-state index contributed by atoms with van der Waals surface area (Å²) in [6, 6.07) is 6.19. The van der Waals surface area contributed by atoms with Gasteiger partial charge in [-0.1, -0.05) is 15.9 Å². The molecule has 0 bridgehead atoms. The van der Waals surface area contributed by atoms with Crippen molar-refractivity contribution in [2.45, 2.75) is 70.4 Å². The molecular formula is C24H33BrN6O. The van der Waals surface area contributed by atoms with Gasteiger partial charge in [0.2, 0.25) is 5.95 Å². The molecule has 2 aromatic rings. The molecule has 2 aliphatic rings. The van der Waals surface area contributed by atoms with Crippen LogP contribution < -0.4 is 20.9 Å². The summed E-state index contributed by atoms with van der Waals surface area (Å²) in [6.45, 7) is 2.01. The number of aromatic nitrogens is 2. The molecule has 4 rings (SSSR count). The molecular weight excluding hydrogens is 468 g/mol. The summed E-state index contributed by atoms with van der Waals surface area (Å²) in [5, 5.41) is 9.64. The van der Waals surface area contributed by atoms with Gasteiger partial charge in [0.25, 0.3) is 0 Å². The number of hydrogen-bond acceptors (Lipinski definition) is 5. The van der Waals surface area contributed by atoms with Crippen molar-refractivity contribution in [2.75, 3.05) is 29.6 Å². The highest BCUT2D eigenvalue weighted by atomic mass is 79.9. The van der Waals surface area contributed by atoms with Crippen LogP contribution in [0.15, 0.2) is 22.7 Å². The lowest BCUT2D eigenvalue weighted by molar-refractivity contribution is 0.243. The van der Waals surface area contributed by atoms with Crippen molar-refractivity contribution in [1.29, 1.82) is 0 Å². The van der Waals surface area contributed by atoms with Crippen molar-refractivity contribution in [1.82, 2.24) is 15.3 Å². The Morgan fingerprint density at radius 2 is 1.78 bits per heavy atom. The summed E-state index contributed by atoms with van der Waals surface area (Å²) >= 11 is 3.49. The van der Waals surface area contributed by atoms with E-state index in [-0.39, 0.29) is 12.1 Å². The third-order valence-corrected chi connectivity index (χ3v) is 7.29. The SMILES string of the molecule is Cc1cc(NC(=O)N[C@H]2CC[C@@H](Nc3nc4c(c(N(C)C)n3)CCCC4)CC2)ccc1Br. The average molecular weight is 501 g/mol. The highest BCUT2D eigenvalue weighted by Gasteiger charge is 2.25. The Bertz CT molecular complexity index is 971. The number of halogens is 1. The van der Waals surface area contributed by atoms with E-state index in [2.05, 4.69) is 50.9 Å². The van der Waals surface area contributed by atoms with Crippen LogP contribution in [0.2, 0.25) is 0 Å². The van der Waals surface area contributed by atoms with E-state index in [1.807, 2.05) is 25.1 Å². The maximum absolute atomic E-state index is 12.4. The fourth-order valence-corrected chi connectivity index (χ4v) is 4.90. The maximum atomic E-state index is 12.4. The van der Waals surface area contributed by atoms with Crippen molar-refractivity contribution < 1.29 is 4.79 Å². The molecule has 1 aromatic heterocycles. The fraction of sp³-hybridized carbons (Fsp3) is 0.542. The zero-order chi connectivity index (χ0) is 22.7. The van der Waals surface area contributed by atoms with Gasteiger partial charge < -0.3 is 20.9 Å². The molecule has 0 aliphatic heterocycles. The average Bonchev–Trinajstić information content (AvgIpc) is 2.77. The number of benzene rings is 1. The molecule has 0 saturated heterocycles. The molecule has 32 heavy (non-hydrogen) atoms. The normalized spacial score (nSPS) is 20.2. The monoisotopic (exact) mass is 500 g/mol. The summed E-state index contributed by atoms with van der Waals surface area (Å²) in [7, 11) is 4.11. The minimum absolute atomic E-state index is 0.142. The van der Waals surface area contributed by atoms with Crippen molar-refractivity contribution in [2.24, 2.45) is 0 Å². The Kier molecular flexibility index (Phi) is 7.18. The summed E-state index contributed by atoms with van der Waals surface area (Å²) in [6.07, 6.45) is 8.38. The number of rotatable bonds is 5. The molecule has 172 valence electrons. The zero-order valence-electron chi connectivity index (χ0n) is 19.2. The molecule has 3 N–H and O–H groups in total. The standard InChI is InChI=1S/C24H33BrN6O/c1-15-14-18(12-13-20(15)25)28-24(32)27-17-10-8-16(9-11-17)26-23-29-21-7-5-4-6-19(21)22(30-23)31(2)3/h12-14,16-17H,4-11H2,1-3H3,(H,26,29,30)(H2,27,28,32)/t16-,17+. The first-order chi connectivity index (χ1) is 15.4. The van der Waals surface area contributed by atoms with Gasteiger partial charge in [0, 0.05) is 41.9 Å². The first-order valence-electron chi connectivity index (χ1n) is 11.6. The van der Waals surface area contributed by atoms with Gasteiger partial charge in [-0.3, -0.25) is 0 Å². The summed E-state index contributed by atoms with van der Waals surface area (Å²) < 4.78 is 1.04. The van der Waals surface area contributed by atoms with Gasteiger partial charge in [0.05, 0.1) is 5.69 Å². The van der Waals surface area contributed by atoms with Crippen molar-refractivity contribution in [3.63, 3.8) is 0 Å². The van der Waals surface area contributed by atoms with Gasteiger partial charge in [-0.15, -0.1) is 0 Å². The van der Waals surface area contributed by atoms with Gasteiger partial charge in [-0.25, -0.2) is 9.78 Å². The molecule has 0 unspecified atom stereocenters. The number of hydrogen-bond donors (Lipinski definition) is 3. The quantitative estimate of drug-likeness (QED) is 0.535. The number of carbonyl (C=O) groups is 1. The molecule has 0 atom stereocenters. The highest BCUT2D eigenvalue weighted by Crippen LogP contribution is 2.29. The van der Waals surface area contributed by atoms with Crippen LogP contribution in [0.25, 0.3) is 0 Å². The van der Waals surface area contributed by atoms with Crippen LogP contribution in [-0.2, 0) is 12.8 Å². The molecule has 2 amide bonds. The number of nitrogens with one attached hydrogen (secondary N) is 3. The van der Waals surface area contributed by atoms with Gasteiger partial charge >= 0.3 is 6.03 Å². The largest absolute Gasteiger partial charge is 0.362 e. The van der Waals surface area contributed by atoms with E-state index in [1.54, 1.807) is 0 Å². The van der Waals surface area contributed by atoms with Gasteiger partial charge in [0.15, 0.2) is 0 Å². The van der Waals surface area contributed by atoms with E-state index in [0.717, 1.165) is 66.0 Å². The highest BCUT2D eigenvalue weighted by molar-refractivity contribution is 9.10. The summed E-state index contributed by atoms with van der Waals surface area (Å²) in [5.74, 6) is 1.79. The maximum Gasteiger partial charge on any atom is 0.319 e. The van der Waals surface area contributed by atoms with E-state index in [4.69, 9.17) is 9.97 Å². The van der Waals surface area contributed by atoms with Crippen LogP contribution in [0.4, 0.5) is 22.2 Å². The Morgan fingerprint density at radius 1 is 1.06 bits per heavy atom. The van der Waals surface area contributed by atoms with Crippen LogP contribution in [0.1, 0.15) is 55.3 Å². The Balaban J connectivity index is 1.30. The molecule has 1 aromatic carbocycles. The third-order valence-electron chi connectivity index (χ3n) is 6.40. The molecule has 0 spiro atoms. The van der Waals surface area contributed by atoms with Crippen molar-refractivity contribution >= 4 is 39.4 Å². The van der Waals surface area contributed by atoms with E-state index in [1.165, 1.54) is 24.1 Å². The lowest BCUT2D eigenvalue weighted by Gasteiger charge is -2.30. The minimum atomic E-state index is -0.142. The summed E-state index contributed by atoms with van der Waals surface area (Å²) in [4.78, 5) is 24.2. The molecule has 1 saturated carbocycles. The van der Waals surface area contributed by atoms with Crippen molar-refractivity contribution in [3.8, 4) is 0 Å². The number of amides is 2. The molecule has 1 fully saturated rings. The number of fused-ring (bicyclic) bond motifs is 1. The Labute approximate surface area is 198 Å². The topological polar surface area (TPSA) is 82.2 Å². The predicted molar refractivity (Wildman–Crippen MR) is 134 cm³/mol. The van der Waals surface area contributed by atoms with Crippen LogP contribution in [0.3, 0.4) is 0 Å². The number of nitrogens with zero attached hydrogens (tertiary/aromatic N) is 3. The first kappa shape index (κ1) is 22.8. The lowest BCUT2D eigenvalue weighted by atomic mass is 9.91.